The van der Waals surface area contributed by atoms with E-state index in [2.05, 4.69) is 5.32 Å². The molecule has 1 aromatic rings. The maximum absolute atomic E-state index is 13.4. The summed E-state index contributed by atoms with van der Waals surface area (Å²) in [5, 5.41) is 2.43. The molecule has 0 bridgehead atoms. The van der Waals surface area contributed by atoms with Gasteiger partial charge < -0.3 is 14.8 Å². The van der Waals surface area contributed by atoms with E-state index < -0.39 is 11.7 Å². The molecule has 0 radical (unpaired) electrons. The zero-order chi connectivity index (χ0) is 12.3. The van der Waals surface area contributed by atoms with Gasteiger partial charge in [-0.2, -0.15) is 0 Å². The molecule has 5 heteroatoms. The first-order valence-corrected chi connectivity index (χ1v) is 5.19. The van der Waals surface area contributed by atoms with Crippen molar-refractivity contribution in [3.63, 3.8) is 0 Å². The third-order valence-electron chi connectivity index (χ3n) is 2.24. The lowest BCUT2D eigenvalue weighted by Gasteiger charge is -2.15. The Kier molecular flexibility index (Phi) is 3.27. The summed E-state index contributed by atoms with van der Waals surface area (Å²) in [6.45, 7) is 2.54. The van der Waals surface area contributed by atoms with Gasteiger partial charge in [0, 0.05) is 0 Å². The zero-order valence-electron chi connectivity index (χ0n) is 9.33. The minimum atomic E-state index is -0.519. The van der Waals surface area contributed by atoms with Crippen LogP contribution in [0.25, 0.3) is 0 Å². The number of carbonyl (C=O) groups excluding carboxylic acids is 1. The Bertz CT molecular complexity index is 471. The molecule has 1 aliphatic heterocycles. The van der Waals surface area contributed by atoms with Crippen LogP contribution >= 0.6 is 0 Å². The van der Waals surface area contributed by atoms with E-state index in [1.165, 1.54) is 12.3 Å². The molecule has 2 rings (SSSR count). The van der Waals surface area contributed by atoms with Crippen molar-refractivity contribution in [2.75, 3.05) is 18.5 Å². The molecule has 1 N–H and O–H groups in total. The summed E-state index contributed by atoms with van der Waals surface area (Å²) in [7, 11) is 0. The molecular formula is C12H12FNO3. The maximum atomic E-state index is 13.4. The van der Waals surface area contributed by atoms with Crippen molar-refractivity contribution >= 4 is 11.6 Å². The Balaban J connectivity index is 2.12. The van der Waals surface area contributed by atoms with Crippen molar-refractivity contribution in [1.82, 2.24) is 0 Å². The summed E-state index contributed by atoms with van der Waals surface area (Å²) >= 11 is 0. The Labute approximate surface area is 98.0 Å². The number of rotatable bonds is 2. The molecule has 0 aliphatic carbocycles. The molecule has 0 aromatic heterocycles. The first-order chi connectivity index (χ1) is 8.16. The number of anilines is 1. The van der Waals surface area contributed by atoms with Gasteiger partial charge in [-0.15, -0.1) is 0 Å². The average Bonchev–Trinajstić information content (AvgIpc) is 2.35. The van der Waals surface area contributed by atoms with E-state index in [1.807, 2.05) is 6.92 Å². The van der Waals surface area contributed by atoms with Crippen LogP contribution in [0.4, 0.5) is 10.1 Å². The van der Waals surface area contributed by atoms with Crippen LogP contribution in [0.15, 0.2) is 30.2 Å². The predicted molar refractivity (Wildman–Crippen MR) is 59.8 cm³/mol. The van der Waals surface area contributed by atoms with Crippen molar-refractivity contribution < 1.29 is 18.7 Å². The second-order valence-corrected chi connectivity index (χ2v) is 3.64. The van der Waals surface area contributed by atoms with Crippen molar-refractivity contribution in [1.29, 1.82) is 0 Å². The summed E-state index contributed by atoms with van der Waals surface area (Å²) in [5.41, 5.74) is 0.988. The molecule has 17 heavy (non-hydrogen) atoms. The van der Waals surface area contributed by atoms with Crippen molar-refractivity contribution in [2.24, 2.45) is 0 Å². The van der Waals surface area contributed by atoms with E-state index in [0.29, 0.717) is 13.2 Å². The van der Waals surface area contributed by atoms with Gasteiger partial charge in [-0.05, 0) is 24.6 Å². The summed E-state index contributed by atoms with van der Waals surface area (Å²) < 4.78 is 23.4. The minimum absolute atomic E-state index is 0.0529. The number of hydrogen-bond acceptors (Lipinski definition) is 3. The molecule has 1 amide bonds. The number of nitrogens with one attached hydrogen (secondary N) is 1. The van der Waals surface area contributed by atoms with Gasteiger partial charge in [-0.3, -0.25) is 4.79 Å². The van der Waals surface area contributed by atoms with Crippen molar-refractivity contribution in [2.45, 2.75) is 6.92 Å². The number of carbonyl (C=O) groups is 1. The van der Waals surface area contributed by atoms with E-state index in [4.69, 9.17) is 9.47 Å². The molecule has 0 spiro atoms. The van der Waals surface area contributed by atoms with E-state index in [-0.39, 0.29) is 11.4 Å². The van der Waals surface area contributed by atoms with Crippen LogP contribution in [0.3, 0.4) is 0 Å². The number of halogens is 1. The van der Waals surface area contributed by atoms with Crippen molar-refractivity contribution in [3.8, 4) is 0 Å². The largest absolute Gasteiger partial charge is 0.494 e. The van der Waals surface area contributed by atoms with E-state index in [9.17, 15) is 9.18 Å². The van der Waals surface area contributed by atoms with E-state index in [0.717, 1.165) is 5.56 Å². The number of aryl methyl sites for hydroxylation is 1. The SMILES string of the molecule is Cc1ccc(F)c(NC(=O)C2=COCCO2)c1. The van der Waals surface area contributed by atoms with Crippen LogP contribution in [-0.2, 0) is 14.3 Å². The molecule has 1 heterocycles. The molecule has 0 atom stereocenters. The lowest BCUT2D eigenvalue weighted by atomic mass is 10.2. The van der Waals surface area contributed by atoms with Crippen LogP contribution in [0.2, 0.25) is 0 Å². The third-order valence-corrected chi connectivity index (χ3v) is 2.24. The molecule has 0 unspecified atom stereocenters. The Morgan fingerprint density at radius 3 is 2.94 bits per heavy atom. The summed E-state index contributed by atoms with van der Waals surface area (Å²) in [6.07, 6.45) is 1.23. The Hall–Kier alpha value is -2.04. The highest BCUT2D eigenvalue weighted by molar-refractivity contribution is 6.02. The molecule has 0 saturated heterocycles. The highest BCUT2D eigenvalue weighted by Crippen LogP contribution is 2.17. The molecule has 1 aromatic carbocycles. The lowest BCUT2D eigenvalue weighted by molar-refractivity contribution is -0.117. The molecular weight excluding hydrogens is 225 g/mol. The molecule has 0 saturated carbocycles. The quantitative estimate of drug-likeness (QED) is 0.855. The van der Waals surface area contributed by atoms with Gasteiger partial charge in [0.2, 0.25) is 5.76 Å². The first-order valence-electron chi connectivity index (χ1n) is 5.19. The van der Waals surface area contributed by atoms with Gasteiger partial charge in [-0.25, -0.2) is 4.39 Å². The van der Waals surface area contributed by atoms with Crippen LogP contribution in [0.5, 0.6) is 0 Å². The lowest BCUT2D eigenvalue weighted by Crippen LogP contribution is -2.21. The van der Waals surface area contributed by atoms with Gasteiger partial charge in [0.1, 0.15) is 25.3 Å². The van der Waals surface area contributed by atoms with Crippen LogP contribution < -0.4 is 5.32 Å². The monoisotopic (exact) mass is 237 g/mol. The molecule has 0 fully saturated rings. The standard InChI is InChI=1S/C12H12FNO3/c1-8-2-3-9(13)10(6-8)14-12(15)11-7-16-4-5-17-11/h2-3,6-7H,4-5H2,1H3,(H,14,15). The van der Waals surface area contributed by atoms with Crippen molar-refractivity contribution in [3.05, 3.63) is 41.6 Å². The summed E-state index contributed by atoms with van der Waals surface area (Å²) in [6, 6.07) is 4.49. The molecule has 90 valence electrons. The molecule has 4 nitrogen and oxygen atoms in total. The summed E-state index contributed by atoms with van der Waals surface area (Å²) in [4.78, 5) is 11.7. The van der Waals surface area contributed by atoms with Crippen LogP contribution in [0, 0.1) is 12.7 Å². The molecule has 1 aliphatic rings. The minimum Gasteiger partial charge on any atom is -0.494 e. The highest BCUT2D eigenvalue weighted by atomic mass is 19.1. The van der Waals surface area contributed by atoms with Crippen LogP contribution in [0.1, 0.15) is 5.56 Å². The normalized spacial score (nSPS) is 14.4. The Morgan fingerprint density at radius 1 is 1.41 bits per heavy atom. The fraction of sp³-hybridized carbons (Fsp3) is 0.250. The van der Waals surface area contributed by atoms with E-state index in [1.54, 1.807) is 12.1 Å². The van der Waals surface area contributed by atoms with Crippen LogP contribution in [-0.4, -0.2) is 19.1 Å². The zero-order valence-corrected chi connectivity index (χ0v) is 9.33. The topological polar surface area (TPSA) is 47.6 Å². The van der Waals surface area contributed by atoms with Gasteiger partial charge in [-0.1, -0.05) is 6.07 Å². The summed E-state index contributed by atoms with van der Waals surface area (Å²) in [5.74, 6) is -0.951. The van der Waals surface area contributed by atoms with E-state index >= 15 is 0 Å². The maximum Gasteiger partial charge on any atom is 0.294 e. The van der Waals surface area contributed by atoms with Gasteiger partial charge in [0.05, 0.1) is 5.69 Å². The highest BCUT2D eigenvalue weighted by Gasteiger charge is 2.16. The smallest absolute Gasteiger partial charge is 0.294 e. The van der Waals surface area contributed by atoms with Gasteiger partial charge in [0.25, 0.3) is 5.91 Å². The fourth-order valence-electron chi connectivity index (χ4n) is 1.41. The van der Waals surface area contributed by atoms with Gasteiger partial charge in [0.15, 0.2) is 0 Å². The fourth-order valence-corrected chi connectivity index (χ4v) is 1.41. The van der Waals surface area contributed by atoms with Gasteiger partial charge >= 0.3 is 0 Å². The Morgan fingerprint density at radius 2 is 2.24 bits per heavy atom. The number of benzene rings is 1. The second kappa shape index (κ2) is 4.86. The predicted octanol–water partition coefficient (Wildman–Crippen LogP) is 1.96. The first kappa shape index (κ1) is 11.4. The average molecular weight is 237 g/mol. The number of hydrogen-bond donors (Lipinski definition) is 1. The third kappa shape index (κ3) is 2.75. The second-order valence-electron chi connectivity index (χ2n) is 3.64. The number of ether oxygens (including phenoxy) is 2. The number of amides is 1.